The molecule has 90 valence electrons. The van der Waals surface area contributed by atoms with Gasteiger partial charge < -0.3 is 10.4 Å². The molecular weight excluding hydrogens is 207 g/mol. The topological polar surface area (TPSA) is 32.3 Å². The van der Waals surface area contributed by atoms with Crippen LogP contribution in [0.1, 0.15) is 27.2 Å². The van der Waals surface area contributed by atoms with Gasteiger partial charge in [-0.3, -0.25) is 0 Å². The maximum atomic E-state index is 12.7. The van der Waals surface area contributed by atoms with Crippen LogP contribution in [0.2, 0.25) is 0 Å². The predicted molar refractivity (Wildman–Crippen MR) is 51.4 cm³/mol. The van der Waals surface area contributed by atoms with Crippen LogP contribution in [0.25, 0.3) is 0 Å². The Labute approximate surface area is 87.9 Å². The summed E-state index contributed by atoms with van der Waals surface area (Å²) in [5.41, 5.74) is 0. The van der Waals surface area contributed by atoms with Crippen molar-refractivity contribution < 1.29 is 18.3 Å². The minimum atomic E-state index is -4.22. The van der Waals surface area contributed by atoms with Crippen molar-refractivity contribution in [3.63, 3.8) is 0 Å². The molecule has 1 rings (SSSR count). The van der Waals surface area contributed by atoms with Gasteiger partial charge in [0.1, 0.15) is 6.04 Å². The van der Waals surface area contributed by atoms with Crippen LogP contribution in [0, 0.1) is 11.8 Å². The lowest BCUT2D eigenvalue weighted by Crippen LogP contribution is -2.47. The molecule has 0 radical (unpaired) electrons. The van der Waals surface area contributed by atoms with Gasteiger partial charge in [-0.1, -0.05) is 13.8 Å². The summed E-state index contributed by atoms with van der Waals surface area (Å²) < 4.78 is 38.0. The highest BCUT2D eigenvalue weighted by Crippen LogP contribution is 2.48. The van der Waals surface area contributed by atoms with Crippen molar-refractivity contribution in [1.29, 1.82) is 0 Å². The Bertz CT molecular complexity index is 215. The fourth-order valence-corrected chi connectivity index (χ4v) is 1.99. The summed E-state index contributed by atoms with van der Waals surface area (Å²) in [5, 5.41) is 11.7. The van der Waals surface area contributed by atoms with Gasteiger partial charge in [0.2, 0.25) is 0 Å². The van der Waals surface area contributed by atoms with E-state index in [9.17, 15) is 18.3 Å². The first-order valence-electron chi connectivity index (χ1n) is 5.24. The van der Waals surface area contributed by atoms with Crippen LogP contribution < -0.4 is 5.32 Å². The van der Waals surface area contributed by atoms with Crippen molar-refractivity contribution in [2.24, 2.45) is 11.8 Å². The van der Waals surface area contributed by atoms with Crippen molar-refractivity contribution >= 4 is 0 Å². The van der Waals surface area contributed by atoms with Gasteiger partial charge in [-0.15, -0.1) is 0 Å². The largest absolute Gasteiger partial charge is 0.404 e. The van der Waals surface area contributed by atoms with E-state index < -0.39 is 24.2 Å². The van der Waals surface area contributed by atoms with Gasteiger partial charge >= 0.3 is 6.18 Å². The Morgan fingerprint density at radius 1 is 1.20 bits per heavy atom. The predicted octanol–water partition coefficient (Wildman–Crippen LogP) is 1.93. The average molecular weight is 225 g/mol. The second-order valence-electron chi connectivity index (χ2n) is 4.64. The van der Waals surface area contributed by atoms with E-state index in [1.165, 1.54) is 0 Å². The summed E-state index contributed by atoms with van der Waals surface area (Å²) in [6.07, 6.45) is -4.41. The Balaban J connectivity index is 2.60. The van der Waals surface area contributed by atoms with E-state index in [2.05, 4.69) is 5.32 Å². The third-order valence-corrected chi connectivity index (χ3v) is 2.80. The van der Waals surface area contributed by atoms with Crippen molar-refractivity contribution in [2.75, 3.05) is 0 Å². The van der Waals surface area contributed by atoms with Crippen LogP contribution >= 0.6 is 0 Å². The molecule has 1 aliphatic carbocycles. The minimum Gasteiger partial charge on any atom is -0.393 e. The Kier molecular flexibility index (Phi) is 3.66. The van der Waals surface area contributed by atoms with Crippen molar-refractivity contribution in [2.45, 2.75) is 51.6 Å². The van der Waals surface area contributed by atoms with E-state index in [0.717, 1.165) is 0 Å². The summed E-state index contributed by atoms with van der Waals surface area (Å²) >= 11 is 0. The van der Waals surface area contributed by atoms with Gasteiger partial charge in [0.25, 0.3) is 0 Å². The van der Waals surface area contributed by atoms with Crippen molar-refractivity contribution in [3.8, 4) is 0 Å². The summed E-state index contributed by atoms with van der Waals surface area (Å²) in [6, 6.07) is -1.68. The fraction of sp³-hybridized carbons (Fsp3) is 1.00. The van der Waals surface area contributed by atoms with Gasteiger partial charge in [0, 0.05) is 6.04 Å². The first-order chi connectivity index (χ1) is 6.73. The molecule has 4 atom stereocenters. The molecule has 2 nitrogen and oxygen atoms in total. The highest BCUT2D eigenvalue weighted by molar-refractivity contribution is 5.00. The van der Waals surface area contributed by atoms with E-state index in [1.807, 2.05) is 0 Å². The first-order valence-corrected chi connectivity index (χ1v) is 5.24. The van der Waals surface area contributed by atoms with Gasteiger partial charge in [0.15, 0.2) is 0 Å². The van der Waals surface area contributed by atoms with Gasteiger partial charge in [0.05, 0.1) is 6.10 Å². The van der Waals surface area contributed by atoms with E-state index in [-0.39, 0.29) is 12.0 Å². The SMILES string of the molecule is CC(C)NC(C1CC1[C@H](C)O)C(F)(F)F. The lowest BCUT2D eigenvalue weighted by atomic mass is 10.1. The summed E-state index contributed by atoms with van der Waals surface area (Å²) in [4.78, 5) is 0. The normalized spacial score (nSPS) is 30.4. The third-order valence-electron chi connectivity index (χ3n) is 2.80. The molecule has 15 heavy (non-hydrogen) atoms. The maximum absolute atomic E-state index is 12.7. The van der Waals surface area contributed by atoms with E-state index in [1.54, 1.807) is 20.8 Å². The fourth-order valence-electron chi connectivity index (χ4n) is 1.99. The highest BCUT2D eigenvalue weighted by atomic mass is 19.4. The highest BCUT2D eigenvalue weighted by Gasteiger charge is 2.55. The van der Waals surface area contributed by atoms with Crippen LogP contribution in [0.4, 0.5) is 13.2 Å². The molecule has 0 heterocycles. The first kappa shape index (κ1) is 12.8. The van der Waals surface area contributed by atoms with E-state index >= 15 is 0 Å². The van der Waals surface area contributed by atoms with Gasteiger partial charge in [-0.25, -0.2) is 0 Å². The zero-order valence-electron chi connectivity index (χ0n) is 9.17. The van der Waals surface area contributed by atoms with E-state index in [0.29, 0.717) is 6.42 Å². The molecule has 0 bridgehead atoms. The second-order valence-corrected chi connectivity index (χ2v) is 4.64. The number of aliphatic hydroxyl groups is 1. The minimum absolute atomic E-state index is 0.202. The molecule has 1 saturated carbocycles. The molecular formula is C10H18F3NO. The molecule has 0 aromatic carbocycles. The molecule has 0 spiro atoms. The third kappa shape index (κ3) is 3.34. The molecule has 2 N–H and O–H groups in total. The van der Waals surface area contributed by atoms with Crippen molar-refractivity contribution in [1.82, 2.24) is 5.32 Å². The summed E-state index contributed by atoms with van der Waals surface area (Å²) in [5.74, 6) is -0.671. The Morgan fingerprint density at radius 2 is 1.73 bits per heavy atom. The molecule has 1 fully saturated rings. The molecule has 3 unspecified atom stereocenters. The quantitative estimate of drug-likeness (QED) is 0.766. The molecule has 1 aliphatic rings. The van der Waals surface area contributed by atoms with E-state index in [4.69, 9.17) is 0 Å². The molecule has 0 aromatic heterocycles. The Hall–Kier alpha value is -0.290. The molecule has 5 heteroatoms. The Morgan fingerprint density at radius 3 is 2.00 bits per heavy atom. The van der Waals surface area contributed by atoms with Crippen LogP contribution in [0.15, 0.2) is 0 Å². The van der Waals surface area contributed by atoms with Crippen molar-refractivity contribution in [3.05, 3.63) is 0 Å². The molecule has 0 aliphatic heterocycles. The number of hydrogen-bond acceptors (Lipinski definition) is 2. The number of alkyl halides is 3. The zero-order valence-corrected chi connectivity index (χ0v) is 9.17. The number of rotatable bonds is 4. The molecule has 0 saturated heterocycles. The number of hydrogen-bond donors (Lipinski definition) is 2. The monoisotopic (exact) mass is 225 g/mol. The summed E-state index contributed by atoms with van der Waals surface area (Å²) in [6.45, 7) is 4.93. The smallest absolute Gasteiger partial charge is 0.393 e. The number of aliphatic hydroxyl groups excluding tert-OH is 1. The summed E-state index contributed by atoms with van der Waals surface area (Å²) in [7, 11) is 0. The molecule has 0 amide bonds. The lowest BCUT2D eigenvalue weighted by Gasteiger charge is -2.24. The second kappa shape index (κ2) is 4.29. The maximum Gasteiger partial charge on any atom is 0.404 e. The number of halogens is 3. The van der Waals surface area contributed by atoms with Crippen LogP contribution in [-0.4, -0.2) is 29.5 Å². The lowest BCUT2D eigenvalue weighted by molar-refractivity contribution is -0.163. The van der Waals surface area contributed by atoms with Crippen LogP contribution in [0.5, 0.6) is 0 Å². The van der Waals surface area contributed by atoms with Crippen LogP contribution in [0.3, 0.4) is 0 Å². The van der Waals surface area contributed by atoms with Gasteiger partial charge in [-0.05, 0) is 25.2 Å². The van der Waals surface area contributed by atoms with Crippen LogP contribution in [-0.2, 0) is 0 Å². The molecule has 0 aromatic rings. The van der Waals surface area contributed by atoms with Gasteiger partial charge in [-0.2, -0.15) is 13.2 Å². The number of nitrogens with one attached hydrogen (secondary N) is 1. The standard InChI is InChI=1S/C10H18F3NO/c1-5(2)14-9(10(11,12)13)8-4-7(8)6(3)15/h5-9,14-15H,4H2,1-3H3/t6-,7?,8?,9?/m0/s1. The zero-order chi connectivity index (χ0) is 11.8. The average Bonchev–Trinajstić information content (AvgIpc) is 2.76.